The second-order valence-electron chi connectivity index (χ2n) is 3.95. The first-order valence-electron chi connectivity index (χ1n) is 5.54. The number of benzene rings is 2. The summed E-state index contributed by atoms with van der Waals surface area (Å²) in [4.78, 5) is 19.6. The highest BCUT2D eigenvalue weighted by Crippen LogP contribution is 2.30. The number of hydrogen-bond donors (Lipinski definition) is 1. The average Bonchev–Trinajstić information content (AvgIpc) is 2.37. The third-order valence-corrected chi connectivity index (χ3v) is 2.55. The van der Waals surface area contributed by atoms with E-state index in [1.54, 1.807) is 0 Å². The molecule has 2 aromatic carbocycles. The van der Waals surface area contributed by atoms with Gasteiger partial charge < -0.3 is 10.5 Å². The van der Waals surface area contributed by atoms with Crippen molar-refractivity contribution in [3.63, 3.8) is 0 Å². The lowest BCUT2D eigenvalue weighted by molar-refractivity contribution is -0.387. The van der Waals surface area contributed by atoms with Gasteiger partial charge in [-0.05, 0) is 12.1 Å². The highest BCUT2D eigenvalue weighted by Gasteiger charge is 2.16. The van der Waals surface area contributed by atoms with Crippen molar-refractivity contribution < 1.29 is 19.0 Å². The number of rotatable bonds is 4. The fourth-order valence-electron chi connectivity index (χ4n) is 1.60. The Labute approximate surface area is 116 Å². The van der Waals surface area contributed by atoms with E-state index in [1.807, 2.05) is 0 Å². The molecule has 0 bridgehead atoms. The summed E-state index contributed by atoms with van der Waals surface area (Å²) >= 11 is 0. The summed E-state index contributed by atoms with van der Waals surface area (Å²) in [7, 11) is 0. The Morgan fingerprint density at radius 2 is 1.48 bits per heavy atom. The van der Waals surface area contributed by atoms with Crippen molar-refractivity contribution in [2.45, 2.75) is 0 Å². The summed E-state index contributed by atoms with van der Waals surface area (Å²) < 4.78 is 18.7. The van der Waals surface area contributed by atoms with E-state index >= 15 is 0 Å². The number of halogens is 1. The first kappa shape index (κ1) is 14.2. The Kier molecular flexibility index (Phi) is 3.65. The Morgan fingerprint density at radius 1 is 0.952 bits per heavy atom. The minimum absolute atomic E-state index is 0.00588. The third kappa shape index (κ3) is 3.03. The Bertz CT molecular complexity index is 673. The van der Waals surface area contributed by atoms with E-state index < -0.39 is 21.4 Å². The second-order valence-corrected chi connectivity index (χ2v) is 3.95. The van der Waals surface area contributed by atoms with Crippen molar-refractivity contribution in [3.8, 4) is 11.5 Å². The van der Waals surface area contributed by atoms with Crippen LogP contribution < -0.4 is 10.5 Å². The molecule has 108 valence electrons. The predicted octanol–water partition coefficient (Wildman–Crippen LogP) is 3.02. The lowest BCUT2D eigenvalue weighted by Crippen LogP contribution is -1.96. The lowest BCUT2D eigenvalue weighted by Gasteiger charge is -2.06. The van der Waals surface area contributed by atoms with Crippen molar-refractivity contribution in [3.05, 3.63) is 62.4 Å². The number of anilines is 1. The molecule has 0 radical (unpaired) electrons. The zero-order valence-corrected chi connectivity index (χ0v) is 10.4. The largest absolute Gasteiger partial charge is 0.457 e. The molecule has 0 aliphatic heterocycles. The van der Waals surface area contributed by atoms with Crippen LogP contribution in [0.1, 0.15) is 0 Å². The number of nitrogens with two attached hydrogens (primary N) is 1. The molecule has 8 nitrogen and oxygen atoms in total. The Balaban J connectivity index is 2.26. The van der Waals surface area contributed by atoms with Gasteiger partial charge in [0.15, 0.2) is 0 Å². The molecule has 2 aromatic rings. The molecule has 0 fully saturated rings. The maximum absolute atomic E-state index is 13.4. The van der Waals surface area contributed by atoms with E-state index in [-0.39, 0.29) is 22.9 Å². The van der Waals surface area contributed by atoms with E-state index in [9.17, 15) is 24.6 Å². The van der Waals surface area contributed by atoms with Gasteiger partial charge in [-0.1, -0.05) is 0 Å². The van der Waals surface area contributed by atoms with Crippen LogP contribution in [0.3, 0.4) is 0 Å². The normalized spacial score (nSPS) is 10.1. The monoisotopic (exact) mass is 293 g/mol. The van der Waals surface area contributed by atoms with Crippen molar-refractivity contribution >= 4 is 17.1 Å². The first-order chi connectivity index (χ1) is 9.88. The SMILES string of the molecule is Nc1cc(Oc2ccc([N+](=O)[O-])c(F)c2)ccc1[N+](=O)[O-]. The Hall–Kier alpha value is -3.23. The summed E-state index contributed by atoms with van der Waals surface area (Å²) in [5.74, 6) is -0.898. The molecular weight excluding hydrogens is 285 g/mol. The van der Waals surface area contributed by atoms with Gasteiger partial charge in [0.05, 0.1) is 9.85 Å². The van der Waals surface area contributed by atoms with Crippen molar-refractivity contribution in [2.24, 2.45) is 0 Å². The molecule has 2 N–H and O–H groups in total. The molecule has 0 aliphatic rings. The topological polar surface area (TPSA) is 122 Å². The zero-order valence-electron chi connectivity index (χ0n) is 10.4. The van der Waals surface area contributed by atoms with Crippen LogP contribution in [0.5, 0.6) is 11.5 Å². The summed E-state index contributed by atoms with van der Waals surface area (Å²) in [5.41, 5.74) is 4.42. The summed E-state index contributed by atoms with van der Waals surface area (Å²) in [6.45, 7) is 0. The molecule has 0 heterocycles. The average molecular weight is 293 g/mol. The van der Waals surface area contributed by atoms with Gasteiger partial charge in [-0.3, -0.25) is 20.2 Å². The van der Waals surface area contributed by atoms with Crippen molar-refractivity contribution in [1.29, 1.82) is 0 Å². The maximum atomic E-state index is 13.4. The third-order valence-electron chi connectivity index (χ3n) is 2.55. The zero-order chi connectivity index (χ0) is 15.6. The van der Waals surface area contributed by atoms with Gasteiger partial charge in [0.1, 0.15) is 17.2 Å². The minimum atomic E-state index is -1.05. The van der Waals surface area contributed by atoms with E-state index in [2.05, 4.69) is 0 Å². The molecule has 0 aliphatic carbocycles. The van der Waals surface area contributed by atoms with E-state index in [1.165, 1.54) is 18.2 Å². The summed E-state index contributed by atoms with van der Waals surface area (Å²) in [6.07, 6.45) is 0. The van der Waals surface area contributed by atoms with Crippen LogP contribution in [0.25, 0.3) is 0 Å². The molecule has 0 saturated carbocycles. The van der Waals surface area contributed by atoms with Crippen LogP contribution in [0, 0.1) is 26.0 Å². The van der Waals surface area contributed by atoms with Crippen LogP contribution in [0.2, 0.25) is 0 Å². The summed E-state index contributed by atoms with van der Waals surface area (Å²) in [5, 5.41) is 21.1. The quantitative estimate of drug-likeness (QED) is 0.525. The van der Waals surface area contributed by atoms with E-state index in [4.69, 9.17) is 10.5 Å². The number of ether oxygens (including phenoxy) is 1. The summed E-state index contributed by atoms with van der Waals surface area (Å²) in [6, 6.07) is 6.64. The highest BCUT2D eigenvalue weighted by atomic mass is 19.1. The fraction of sp³-hybridized carbons (Fsp3) is 0. The predicted molar refractivity (Wildman–Crippen MR) is 70.6 cm³/mol. The van der Waals surface area contributed by atoms with Gasteiger partial charge in [0, 0.05) is 24.3 Å². The lowest BCUT2D eigenvalue weighted by atomic mass is 10.2. The number of nitrogen functional groups attached to an aromatic ring is 1. The van der Waals surface area contributed by atoms with Gasteiger partial charge in [0.25, 0.3) is 5.69 Å². The molecule has 9 heteroatoms. The Morgan fingerprint density at radius 3 is 1.95 bits per heavy atom. The molecule has 0 amide bonds. The molecule has 0 spiro atoms. The molecule has 0 atom stereocenters. The standard InChI is InChI=1S/C12H8FN3O5/c13-9-5-7(1-3-11(9)15(17)18)21-8-2-4-12(16(19)20)10(14)6-8/h1-6H,14H2. The number of hydrogen-bond acceptors (Lipinski definition) is 6. The van der Waals surface area contributed by atoms with Gasteiger partial charge in [0.2, 0.25) is 5.82 Å². The smallest absolute Gasteiger partial charge is 0.305 e. The fourth-order valence-corrected chi connectivity index (χ4v) is 1.60. The van der Waals surface area contributed by atoms with Crippen molar-refractivity contribution in [1.82, 2.24) is 0 Å². The van der Waals surface area contributed by atoms with Gasteiger partial charge in [-0.25, -0.2) is 0 Å². The molecule has 2 rings (SSSR count). The van der Waals surface area contributed by atoms with Gasteiger partial charge in [-0.2, -0.15) is 4.39 Å². The van der Waals surface area contributed by atoms with E-state index in [0.29, 0.717) is 0 Å². The van der Waals surface area contributed by atoms with E-state index in [0.717, 1.165) is 18.2 Å². The molecule has 0 unspecified atom stereocenters. The molecule has 21 heavy (non-hydrogen) atoms. The second kappa shape index (κ2) is 5.41. The number of nitrogens with zero attached hydrogens (tertiary/aromatic N) is 2. The van der Waals surface area contributed by atoms with Gasteiger partial charge >= 0.3 is 5.69 Å². The van der Waals surface area contributed by atoms with Crippen LogP contribution in [-0.2, 0) is 0 Å². The molecular formula is C12H8FN3O5. The van der Waals surface area contributed by atoms with Crippen LogP contribution in [0.15, 0.2) is 36.4 Å². The number of nitro groups is 2. The van der Waals surface area contributed by atoms with Crippen LogP contribution >= 0.6 is 0 Å². The first-order valence-corrected chi connectivity index (χ1v) is 5.54. The van der Waals surface area contributed by atoms with Crippen LogP contribution in [-0.4, -0.2) is 9.85 Å². The molecule has 0 aromatic heterocycles. The minimum Gasteiger partial charge on any atom is -0.457 e. The molecule has 0 saturated heterocycles. The van der Waals surface area contributed by atoms with Gasteiger partial charge in [-0.15, -0.1) is 0 Å². The highest BCUT2D eigenvalue weighted by molar-refractivity contribution is 5.61. The number of nitro benzene ring substituents is 2. The van der Waals surface area contributed by atoms with Crippen molar-refractivity contribution in [2.75, 3.05) is 5.73 Å². The maximum Gasteiger partial charge on any atom is 0.305 e. The van der Waals surface area contributed by atoms with Crippen LogP contribution in [0.4, 0.5) is 21.5 Å².